The van der Waals surface area contributed by atoms with Gasteiger partial charge in [0.15, 0.2) is 0 Å². The molecule has 0 radical (unpaired) electrons. The molecule has 0 aromatic heterocycles. The summed E-state index contributed by atoms with van der Waals surface area (Å²) in [7, 11) is 0. The van der Waals surface area contributed by atoms with Crippen LogP contribution in [0.5, 0.6) is 0 Å². The van der Waals surface area contributed by atoms with Crippen LogP contribution < -0.4 is 5.32 Å². The molecule has 0 spiro atoms. The largest absolute Gasteiger partial charge is 0.430 e. The first-order chi connectivity index (χ1) is 14.4. The number of hydrogen-bond acceptors (Lipinski definition) is 2. The minimum Gasteiger partial charge on any atom is -0.375 e. The van der Waals surface area contributed by atoms with Crippen LogP contribution in [-0.4, -0.2) is 6.18 Å². The number of fused-ring (bicyclic) bond motifs is 1. The molecule has 0 heterocycles. The first-order valence-corrected chi connectivity index (χ1v) is 11.7. The van der Waals surface area contributed by atoms with E-state index in [2.05, 4.69) is 23.5 Å². The molecule has 0 bridgehead atoms. The summed E-state index contributed by atoms with van der Waals surface area (Å²) in [6, 6.07) is 14.1. The summed E-state index contributed by atoms with van der Waals surface area (Å²) in [6.07, 6.45) is 1.20. The van der Waals surface area contributed by atoms with Crippen LogP contribution in [0.1, 0.15) is 69.2 Å². The second kappa shape index (κ2) is 9.95. The summed E-state index contributed by atoms with van der Waals surface area (Å²) in [6.45, 7) is 5.79. The first-order valence-electron chi connectivity index (χ1n) is 10.9. The van der Waals surface area contributed by atoms with Gasteiger partial charge in [-0.15, -0.1) is 0 Å². The minimum absolute atomic E-state index is 0.385. The topological polar surface area (TPSA) is 12.0 Å². The molecule has 0 saturated heterocycles. The molecular formula is C25H30F3NS. The number of aryl methyl sites for hydroxylation is 2. The molecule has 1 nitrogen and oxygen atoms in total. The maximum absolute atomic E-state index is 13.3. The molecule has 1 fully saturated rings. The second-order valence-electron chi connectivity index (χ2n) is 7.65. The van der Waals surface area contributed by atoms with E-state index in [0.29, 0.717) is 18.4 Å². The highest BCUT2D eigenvalue weighted by Gasteiger charge is 2.38. The first kappa shape index (κ1) is 22.8. The van der Waals surface area contributed by atoms with Crippen molar-refractivity contribution in [3.8, 4) is 0 Å². The van der Waals surface area contributed by atoms with Crippen molar-refractivity contribution in [1.29, 1.82) is 0 Å². The summed E-state index contributed by atoms with van der Waals surface area (Å²) in [4.78, 5) is 2.32. The van der Waals surface area contributed by atoms with Gasteiger partial charge >= 0.3 is 6.18 Å². The minimum atomic E-state index is -4.31. The Morgan fingerprint density at radius 2 is 1.47 bits per heavy atom. The zero-order chi connectivity index (χ0) is 21.7. The average molecular weight is 434 g/mol. The van der Waals surface area contributed by atoms with Gasteiger partial charge in [-0.3, -0.25) is 0 Å². The zero-order valence-electron chi connectivity index (χ0n) is 17.9. The Labute approximate surface area is 182 Å². The Morgan fingerprint density at radius 1 is 0.867 bits per heavy atom. The van der Waals surface area contributed by atoms with Crippen LogP contribution in [0.2, 0.25) is 0 Å². The highest BCUT2D eigenvalue weighted by atomic mass is 32.2. The second-order valence-corrected chi connectivity index (χ2v) is 8.80. The summed E-state index contributed by atoms with van der Waals surface area (Å²) >= 11 is 1.70. The molecule has 2 aliphatic carbocycles. The number of rotatable bonds is 5. The van der Waals surface area contributed by atoms with Gasteiger partial charge in [0.05, 0.1) is 0 Å². The predicted molar refractivity (Wildman–Crippen MR) is 119 cm³/mol. The van der Waals surface area contributed by atoms with Gasteiger partial charge in [-0.05, 0) is 92.0 Å². The standard InChI is InChI=1S/C23H24F3NS.C2H6/c1-15(27-22(23(24,25)26)18-5-3-6-18)16-8-11-20(12-9-16)28-21-13-10-17-4-2-7-19(17)14-21;1-2/h8-15,27H,2-7H2,1H3;1-2H3/t15-;/m0./s1. The van der Waals surface area contributed by atoms with Crippen molar-refractivity contribution >= 4 is 11.8 Å². The van der Waals surface area contributed by atoms with Crippen molar-refractivity contribution in [2.45, 2.75) is 81.3 Å². The van der Waals surface area contributed by atoms with Gasteiger partial charge in [0.25, 0.3) is 0 Å². The van der Waals surface area contributed by atoms with Gasteiger partial charge in [0.1, 0.15) is 5.70 Å². The van der Waals surface area contributed by atoms with E-state index in [-0.39, 0.29) is 6.04 Å². The molecule has 162 valence electrons. The summed E-state index contributed by atoms with van der Waals surface area (Å²) in [5, 5.41) is 2.72. The monoisotopic (exact) mass is 433 g/mol. The number of nitrogens with one attached hydrogen (secondary N) is 1. The van der Waals surface area contributed by atoms with E-state index < -0.39 is 11.9 Å². The molecule has 2 aromatic rings. The average Bonchev–Trinajstić information content (AvgIpc) is 3.15. The maximum Gasteiger partial charge on any atom is 0.430 e. The molecule has 4 rings (SSSR count). The smallest absolute Gasteiger partial charge is 0.375 e. The van der Waals surface area contributed by atoms with Crippen LogP contribution in [0.4, 0.5) is 13.2 Å². The maximum atomic E-state index is 13.3. The fourth-order valence-electron chi connectivity index (χ4n) is 3.86. The van der Waals surface area contributed by atoms with Crippen LogP contribution in [-0.2, 0) is 12.8 Å². The van der Waals surface area contributed by atoms with Crippen molar-refractivity contribution in [3.63, 3.8) is 0 Å². The van der Waals surface area contributed by atoms with E-state index >= 15 is 0 Å². The third kappa shape index (κ3) is 5.42. The van der Waals surface area contributed by atoms with Crippen molar-refractivity contribution in [1.82, 2.24) is 5.32 Å². The molecule has 5 heteroatoms. The number of allylic oxidation sites excluding steroid dienone is 2. The fraction of sp³-hybridized carbons (Fsp3) is 0.440. The highest BCUT2D eigenvalue weighted by Crippen LogP contribution is 2.37. The SMILES string of the molecule is CC.C[C@H](NC(=C1CCC1)C(F)(F)F)c1ccc(Sc2ccc3c(c2)CCC3)cc1. The van der Waals surface area contributed by atoms with Gasteiger partial charge in [-0.25, -0.2) is 0 Å². The fourth-order valence-corrected chi connectivity index (χ4v) is 4.74. The van der Waals surface area contributed by atoms with Gasteiger partial charge in [-0.1, -0.05) is 43.8 Å². The highest BCUT2D eigenvalue weighted by molar-refractivity contribution is 7.99. The molecular weight excluding hydrogens is 403 g/mol. The number of hydrogen-bond donors (Lipinski definition) is 1. The molecule has 0 aliphatic heterocycles. The van der Waals surface area contributed by atoms with Crippen LogP contribution in [0.3, 0.4) is 0 Å². The summed E-state index contributed by atoms with van der Waals surface area (Å²) < 4.78 is 40.0. The summed E-state index contributed by atoms with van der Waals surface area (Å²) in [5.74, 6) is 0. The molecule has 2 aromatic carbocycles. The normalized spacial score (nSPS) is 16.1. The summed E-state index contributed by atoms with van der Waals surface area (Å²) in [5.41, 5.74) is 3.73. The van der Waals surface area contributed by atoms with E-state index in [0.717, 1.165) is 23.3 Å². The van der Waals surface area contributed by atoms with Crippen molar-refractivity contribution in [2.24, 2.45) is 0 Å². The Kier molecular flexibility index (Phi) is 7.56. The number of alkyl halides is 3. The molecule has 2 aliphatic rings. The number of halogens is 3. The third-order valence-corrected chi connectivity index (χ3v) is 6.64. The predicted octanol–water partition coefficient (Wildman–Crippen LogP) is 8.00. The van der Waals surface area contributed by atoms with Crippen molar-refractivity contribution in [3.05, 3.63) is 70.4 Å². The Morgan fingerprint density at radius 3 is 2.07 bits per heavy atom. The van der Waals surface area contributed by atoms with E-state index in [1.807, 2.05) is 38.1 Å². The number of benzene rings is 2. The van der Waals surface area contributed by atoms with E-state index in [4.69, 9.17) is 0 Å². The lowest BCUT2D eigenvalue weighted by Crippen LogP contribution is -2.31. The lowest BCUT2D eigenvalue weighted by atomic mass is 9.90. The third-order valence-electron chi connectivity index (χ3n) is 5.64. The van der Waals surface area contributed by atoms with Crippen LogP contribution in [0, 0.1) is 0 Å². The Bertz CT molecular complexity index is 878. The van der Waals surface area contributed by atoms with Crippen molar-refractivity contribution in [2.75, 3.05) is 0 Å². The van der Waals surface area contributed by atoms with E-state index in [1.165, 1.54) is 28.9 Å². The van der Waals surface area contributed by atoms with Crippen LogP contribution in [0.25, 0.3) is 0 Å². The molecule has 1 atom stereocenters. The van der Waals surface area contributed by atoms with E-state index in [1.54, 1.807) is 18.7 Å². The van der Waals surface area contributed by atoms with Crippen molar-refractivity contribution < 1.29 is 13.2 Å². The lowest BCUT2D eigenvalue weighted by molar-refractivity contribution is -0.0994. The molecule has 30 heavy (non-hydrogen) atoms. The molecule has 1 saturated carbocycles. The molecule has 1 N–H and O–H groups in total. The van der Waals surface area contributed by atoms with Gasteiger partial charge < -0.3 is 5.32 Å². The molecule has 0 unspecified atom stereocenters. The lowest BCUT2D eigenvalue weighted by Gasteiger charge is -2.27. The Balaban J connectivity index is 0.00000124. The van der Waals surface area contributed by atoms with Gasteiger partial charge in [-0.2, -0.15) is 13.2 Å². The quantitative estimate of drug-likeness (QED) is 0.512. The van der Waals surface area contributed by atoms with Crippen LogP contribution >= 0.6 is 11.8 Å². The Hall–Kier alpha value is -1.88. The van der Waals surface area contributed by atoms with Gasteiger partial charge in [0.2, 0.25) is 0 Å². The van der Waals surface area contributed by atoms with E-state index in [9.17, 15) is 13.2 Å². The van der Waals surface area contributed by atoms with Crippen LogP contribution in [0.15, 0.2) is 63.5 Å². The van der Waals surface area contributed by atoms with Gasteiger partial charge in [0, 0.05) is 15.8 Å². The molecule has 0 amide bonds. The zero-order valence-corrected chi connectivity index (χ0v) is 18.7.